The minimum Gasteiger partial charge on any atom is -0.338 e. The van der Waals surface area contributed by atoms with Crippen LogP contribution >= 0.6 is 0 Å². The molecule has 0 amide bonds. The summed E-state index contributed by atoms with van der Waals surface area (Å²) in [5.41, 5.74) is 7.10. The van der Waals surface area contributed by atoms with Crippen molar-refractivity contribution < 1.29 is 0 Å². The molecule has 4 nitrogen and oxygen atoms in total. The van der Waals surface area contributed by atoms with Crippen LogP contribution in [0.25, 0.3) is 0 Å². The fourth-order valence-corrected chi connectivity index (χ4v) is 2.67. The van der Waals surface area contributed by atoms with Gasteiger partial charge >= 0.3 is 0 Å². The highest BCUT2D eigenvalue weighted by atomic mass is 15.3. The molecule has 1 aliphatic heterocycles. The number of hydrogen-bond donors (Lipinski definition) is 1. The largest absolute Gasteiger partial charge is 0.338 e. The normalized spacial score (nSPS) is 25.4. The Morgan fingerprint density at radius 2 is 2.05 bits per heavy atom. The van der Waals surface area contributed by atoms with Crippen molar-refractivity contribution in [2.75, 3.05) is 11.4 Å². The Hall–Kier alpha value is -1.16. The molecule has 0 saturated carbocycles. The lowest BCUT2D eigenvalue weighted by Crippen LogP contribution is -2.43. The Labute approximate surface area is 116 Å². The first-order valence-corrected chi connectivity index (χ1v) is 7.45. The molecule has 0 bridgehead atoms. The summed E-state index contributed by atoms with van der Waals surface area (Å²) in [5, 5.41) is 0. The van der Waals surface area contributed by atoms with E-state index in [0.29, 0.717) is 12.0 Å². The fourth-order valence-electron chi connectivity index (χ4n) is 2.67. The van der Waals surface area contributed by atoms with Gasteiger partial charge in [0.25, 0.3) is 0 Å². The van der Waals surface area contributed by atoms with E-state index in [1.54, 1.807) is 0 Å². The number of aromatic nitrogens is 2. The first kappa shape index (κ1) is 14.3. The summed E-state index contributed by atoms with van der Waals surface area (Å²) in [7, 11) is 0. The molecule has 1 fully saturated rings. The zero-order valence-corrected chi connectivity index (χ0v) is 12.3. The Balaban J connectivity index is 2.05. The number of anilines is 1. The van der Waals surface area contributed by atoms with E-state index in [-0.39, 0.29) is 6.04 Å². The Morgan fingerprint density at radius 1 is 1.37 bits per heavy atom. The highest BCUT2D eigenvalue weighted by Gasteiger charge is 2.26. The van der Waals surface area contributed by atoms with E-state index in [1.165, 1.54) is 12.8 Å². The van der Waals surface area contributed by atoms with Crippen LogP contribution in [-0.2, 0) is 6.42 Å². The molecule has 0 aliphatic carbocycles. The lowest BCUT2D eigenvalue weighted by molar-refractivity contribution is 0.359. The number of nitrogens with two attached hydrogens (primary N) is 1. The van der Waals surface area contributed by atoms with E-state index in [9.17, 15) is 0 Å². The number of rotatable bonds is 4. The predicted octanol–water partition coefficient (Wildman–Crippen LogP) is 2.38. The van der Waals surface area contributed by atoms with E-state index in [2.05, 4.69) is 35.6 Å². The SMILES string of the molecule is CCC(N)Cc1cnc(N2CCCC(C)C2C)nc1. The Morgan fingerprint density at radius 3 is 2.68 bits per heavy atom. The molecule has 1 saturated heterocycles. The first-order valence-electron chi connectivity index (χ1n) is 7.45. The standard InChI is InChI=1S/C15H26N4/c1-4-14(16)8-13-9-17-15(18-10-13)19-7-5-6-11(2)12(19)3/h9-12,14H,4-8,16H2,1-3H3. The third kappa shape index (κ3) is 3.44. The van der Waals surface area contributed by atoms with E-state index < -0.39 is 0 Å². The molecule has 0 spiro atoms. The van der Waals surface area contributed by atoms with Crippen LogP contribution in [0.3, 0.4) is 0 Å². The molecule has 0 aromatic carbocycles. The van der Waals surface area contributed by atoms with Crippen molar-refractivity contribution >= 4 is 5.95 Å². The van der Waals surface area contributed by atoms with Crippen LogP contribution in [0.1, 0.15) is 45.6 Å². The molecule has 4 heteroatoms. The molecule has 2 heterocycles. The average Bonchev–Trinajstić information content (AvgIpc) is 2.43. The quantitative estimate of drug-likeness (QED) is 0.905. The third-order valence-electron chi connectivity index (χ3n) is 4.34. The van der Waals surface area contributed by atoms with Crippen molar-refractivity contribution in [2.45, 2.75) is 58.5 Å². The molecule has 1 aromatic heterocycles. The van der Waals surface area contributed by atoms with Gasteiger partial charge < -0.3 is 10.6 Å². The second-order valence-electron chi connectivity index (χ2n) is 5.82. The molecule has 106 valence electrons. The van der Waals surface area contributed by atoms with Gasteiger partial charge in [0.15, 0.2) is 0 Å². The maximum Gasteiger partial charge on any atom is 0.225 e. The van der Waals surface area contributed by atoms with Crippen LogP contribution in [0, 0.1) is 5.92 Å². The summed E-state index contributed by atoms with van der Waals surface area (Å²) < 4.78 is 0. The van der Waals surface area contributed by atoms with Crippen LogP contribution < -0.4 is 10.6 Å². The average molecular weight is 262 g/mol. The lowest BCUT2D eigenvalue weighted by Gasteiger charge is -2.37. The van der Waals surface area contributed by atoms with E-state index in [1.807, 2.05) is 12.4 Å². The predicted molar refractivity (Wildman–Crippen MR) is 79.2 cm³/mol. The summed E-state index contributed by atoms with van der Waals surface area (Å²) in [6.45, 7) is 7.76. The minimum absolute atomic E-state index is 0.211. The summed E-state index contributed by atoms with van der Waals surface area (Å²) in [6, 6.07) is 0.737. The lowest BCUT2D eigenvalue weighted by atomic mass is 9.92. The number of nitrogens with zero attached hydrogens (tertiary/aromatic N) is 3. The van der Waals surface area contributed by atoms with Crippen LogP contribution in [0.2, 0.25) is 0 Å². The molecule has 1 aromatic rings. The zero-order valence-electron chi connectivity index (χ0n) is 12.3. The van der Waals surface area contributed by atoms with Gasteiger partial charge in [0.05, 0.1) is 0 Å². The van der Waals surface area contributed by atoms with Crippen LogP contribution in [0.4, 0.5) is 5.95 Å². The van der Waals surface area contributed by atoms with Crippen LogP contribution in [0.15, 0.2) is 12.4 Å². The van der Waals surface area contributed by atoms with Gasteiger partial charge in [0.1, 0.15) is 0 Å². The summed E-state index contributed by atoms with van der Waals surface area (Å²) in [6.07, 6.45) is 8.26. The van der Waals surface area contributed by atoms with Gasteiger partial charge in [-0.15, -0.1) is 0 Å². The van der Waals surface area contributed by atoms with Gasteiger partial charge in [-0.1, -0.05) is 13.8 Å². The Kier molecular flexibility index (Phi) is 4.75. The van der Waals surface area contributed by atoms with Crippen molar-refractivity contribution in [3.8, 4) is 0 Å². The fraction of sp³-hybridized carbons (Fsp3) is 0.733. The van der Waals surface area contributed by atoms with Crippen molar-refractivity contribution in [1.29, 1.82) is 0 Å². The molecular weight excluding hydrogens is 236 g/mol. The molecule has 3 atom stereocenters. The van der Waals surface area contributed by atoms with Crippen LogP contribution in [-0.4, -0.2) is 28.6 Å². The van der Waals surface area contributed by atoms with Crippen LogP contribution in [0.5, 0.6) is 0 Å². The third-order valence-corrected chi connectivity index (χ3v) is 4.34. The Bertz CT molecular complexity index is 390. The maximum atomic E-state index is 5.96. The van der Waals surface area contributed by atoms with E-state index >= 15 is 0 Å². The molecule has 2 rings (SSSR count). The monoisotopic (exact) mass is 262 g/mol. The van der Waals surface area contributed by atoms with Crippen molar-refractivity contribution in [3.63, 3.8) is 0 Å². The summed E-state index contributed by atoms with van der Waals surface area (Å²) in [4.78, 5) is 11.4. The van der Waals surface area contributed by atoms with Gasteiger partial charge in [-0.25, -0.2) is 9.97 Å². The number of hydrogen-bond acceptors (Lipinski definition) is 4. The second kappa shape index (κ2) is 6.33. The maximum absolute atomic E-state index is 5.96. The zero-order chi connectivity index (χ0) is 13.8. The van der Waals surface area contributed by atoms with Gasteiger partial charge in [-0.3, -0.25) is 0 Å². The minimum atomic E-state index is 0.211. The summed E-state index contributed by atoms with van der Waals surface area (Å²) >= 11 is 0. The molecule has 19 heavy (non-hydrogen) atoms. The smallest absolute Gasteiger partial charge is 0.225 e. The van der Waals surface area contributed by atoms with E-state index in [4.69, 9.17) is 5.73 Å². The second-order valence-corrected chi connectivity index (χ2v) is 5.82. The van der Waals surface area contributed by atoms with Gasteiger partial charge in [-0.05, 0) is 44.1 Å². The molecular formula is C15H26N4. The van der Waals surface area contributed by atoms with E-state index in [0.717, 1.165) is 30.9 Å². The number of piperidine rings is 1. The van der Waals surface area contributed by atoms with Gasteiger partial charge in [0, 0.05) is 31.0 Å². The molecule has 3 unspecified atom stereocenters. The van der Waals surface area contributed by atoms with Gasteiger partial charge in [-0.2, -0.15) is 0 Å². The van der Waals surface area contributed by atoms with Gasteiger partial charge in [0.2, 0.25) is 5.95 Å². The first-order chi connectivity index (χ1) is 9.11. The topological polar surface area (TPSA) is 55.0 Å². The molecule has 1 aliphatic rings. The summed E-state index contributed by atoms with van der Waals surface area (Å²) in [5.74, 6) is 1.58. The molecule has 0 radical (unpaired) electrons. The van der Waals surface area contributed by atoms with Crippen molar-refractivity contribution in [1.82, 2.24) is 9.97 Å². The highest BCUT2D eigenvalue weighted by molar-refractivity contribution is 5.32. The molecule has 2 N–H and O–H groups in total. The van der Waals surface area contributed by atoms with Crippen molar-refractivity contribution in [2.24, 2.45) is 11.7 Å². The highest BCUT2D eigenvalue weighted by Crippen LogP contribution is 2.25. The van der Waals surface area contributed by atoms with Crippen molar-refractivity contribution in [3.05, 3.63) is 18.0 Å².